The molecule has 0 aliphatic carbocycles. The van der Waals surface area contributed by atoms with E-state index in [1.165, 1.54) is 11.1 Å². The summed E-state index contributed by atoms with van der Waals surface area (Å²) in [4.78, 5) is 8.96. The molecule has 0 saturated heterocycles. The van der Waals surface area contributed by atoms with Gasteiger partial charge in [-0.05, 0) is 56.2 Å². The van der Waals surface area contributed by atoms with Crippen LogP contribution in [0, 0.1) is 20.8 Å². The Kier molecular flexibility index (Phi) is 4.28. The maximum Gasteiger partial charge on any atom is 0.229 e. The van der Waals surface area contributed by atoms with Gasteiger partial charge in [0, 0.05) is 17.4 Å². The van der Waals surface area contributed by atoms with E-state index in [1.54, 1.807) is 6.26 Å². The van der Waals surface area contributed by atoms with Gasteiger partial charge in [0.25, 0.3) is 0 Å². The number of anilines is 3. The third-order valence-electron chi connectivity index (χ3n) is 3.36. The van der Waals surface area contributed by atoms with Crippen molar-refractivity contribution in [1.82, 2.24) is 9.97 Å². The third-order valence-corrected chi connectivity index (χ3v) is 3.36. The maximum atomic E-state index is 5.32. The van der Waals surface area contributed by atoms with Gasteiger partial charge in [-0.25, -0.2) is 4.98 Å². The summed E-state index contributed by atoms with van der Waals surface area (Å²) in [6.45, 7) is 6.69. The lowest BCUT2D eigenvalue weighted by molar-refractivity contribution is 0.518. The average molecular weight is 308 g/mol. The zero-order chi connectivity index (χ0) is 16.2. The largest absolute Gasteiger partial charge is 0.467 e. The summed E-state index contributed by atoms with van der Waals surface area (Å²) in [5.74, 6) is 2.21. The molecule has 0 unspecified atom stereocenters. The highest BCUT2D eigenvalue weighted by Gasteiger charge is 2.05. The molecule has 118 valence electrons. The van der Waals surface area contributed by atoms with Crippen LogP contribution in [0.3, 0.4) is 0 Å². The number of nitrogens with zero attached hydrogens (tertiary/aromatic N) is 2. The van der Waals surface area contributed by atoms with Gasteiger partial charge in [-0.1, -0.05) is 6.07 Å². The van der Waals surface area contributed by atoms with Crippen LogP contribution in [-0.2, 0) is 6.54 Å². The molecule has 3 rings (SSSR count). The number of furan rings is 1. The Hall–Kier alpha value is -2.82. The number of nitrogens with one attached hydrogen (secondary N) is 2. The molecular weight excluding hydrogens is 288 g/mol. The lowest BCUT2D eigenvalue weighted by Gasteiger charge is -2.10. The predicted molar refractivity (Wildman–Crippen MR) is 92.0 cm³/mol. The number of hydrogen-bond acceptors (Lipinski definition) is 5. The number of rotatable bonds is 5. The highest BCUT2D eigenvalue weighted by Crippen LogP contribution is 2.19. The third kappa shape index (κ3) is 4.10. The monoisotopic (exact) mass is 308 g/mol. The van der Waals surface area contributed by atoms with E-state index < -0.39 is 0 Å². The van der Waals surface area contributed by atoms with E-state index in [-0.39, 0.29) is 0 Å². The summed E-state index contributed by atoms with van der Waals surface area (Å²) < 4.78 is 5.32. The lowest BCUT2D eigenvalue weighted by Crippen LogP contribution is -2.05. The molecule has 2 heterocycles. The molecule has 0 radical (unpaired) electrons. The first-order chi connectivity index (χ1) is 11.1. The van der Waals surface area contributed by atoms with E-state index in [2.05, 4.69) is 52.6 Å². The predicted octanol–water partition coefficient (Wildman–Crippen LogP) is 4.35. The summed E-state index contributed by atoms with van der Waals surface area (Å²) in [6.07, 6.45) is 1.66. The fraction of sp³-hybridized carbons (Fsp3) is 0.222. The minimum atomic E-state index is 0.581. The van der Waals surface area contributed by atoms with E-state index in [1.807, 2.05) is 25.1 Å². The van der Waals surface area contributed by atoms with Crippen molar-refractivity contribution >= 4 is 17.5 Å². The quantitative estimate of drug-likeness (QED) is 0.733. The van der Waals surface area contributed by atoms with Gasteiger partial charge in [-0.15, -0.1) is 0 Å². The molecular formula is C18H20N4O. The van der Waals surface area contributed by atoms with Gasteiger partial charge >= 0.3 is 0 Å². The van der Waals surface area contributed by atoms with E-state index in [0.717, 1.165) is 23.0 Å². The first kappa shape index (κ1) is 15.1. The standard InChI is InChI=1S/C18H20N4O/c1-12-7-13(2)9-15(8-12)21-18-20-14(3)10-17(22-18)19-11-16-5-4-6-23-16/h4-10H,11H2,1-3H3,(H2,19,20,21,22). The van der Waals surface area contributed by atoms with E-state index in [0.29, 0.717) is 12.5 Å². The van der Waals surface area contributed by atoms with Crippen molar-refractivity contribution < 1.29 is 4.42 Å². The molecule has 0 saturated carbocycles. The minimum absolute atomic E-state index is 0.581. The molecule has 2 aromatic heterocycles. The summed E-state index contributed by atoms with van der Waals surface area (Å²) in [7, 11) is 0. The average Bonchev–Trinajstić information content (AvgIpc) is 2.96. The van der Waals surface area contributed by atoms with Crippen molar-refractivity contribution in [1.29, 1.82) is 0 Å². The van der Waals surface area contributed by atoms with Gasteiger partial charge in [0.15, 0.2) is 0 Å². The van der Waals surface area contributed by atoms with E-state index in [9.17, 15) is 0 Å². The minimum Gasteiger partial charge on any atom is -0.467 e. The van der Waals surface area contributed by atoms with Crippen LogP contribution in [0.5, 0.6) is 0 Å². The van der Waals surface area contributed by atoms with E-state index in [4.69, 9.17) is 4.42 Å². The SMILES string of the molecule is Cc1cc(C)cc(Nc2nc(C)cc(NCc3ccco3)n2)c1. The van der Waals surface area contributed by atoms with Gasteiger partial charge in [0.2, 0.25) is 5.95 Å². The van der Waals surface area contributed by atoms with Gasteiger partial charge in [0.1, 0.15) is 11.6 Å². The van der Waals surface area contributed by atoms with Crippen LogP contribution in [0.25, 0.3) is 0 Å². The van der Waals surface area contributed by atoms with Crippen molar-refractivity contribution in [2.45, 2.75) is 27.3 Å². The number of aryl methyl sites for hydroxylation is 3. The second-order valence-electron chi connectivity index (χ2n) is 5.65. The van der Waals surface area contributed by atoms with Gasteiger partial charge in [0.05, 0.1) is 12.8 Å². The normalized spacial score (nSPS) is 10.6. The highest BCUT2D eigenvalue weighted by molar-refractivity contribution is 5.57. The Morgan fingerprint density at radius 2 is 1.78 bits per heavy atom. The van der Waals surface area contributed by atoms with Crippen LogP contribution in [-0.4, -0.2) is 9.97 Å². The fourth-order valence-electron chi connectivity index (χ4n) is 2.48. The molecule has 5 heteroatoms. The zero-order valence-electron chi connectivity index (χ0n) is 13.6. The number of aromatic nitrogens is 2. The second-order valence-corrected chi connectivity index (χ2v) is 5.65. The van der Waals surface area contributed by atoms with Gasteiger partial charge in [-0.3, -0.25) is 0 Å². The molecule has 0 atom stereocenters. The molecule has 0 spiro atoms. The summed E-state index contributed by atoms with van der Waals surface area (Å²) in [5.41, 5.74) is 4.30. The van der Waals surface area contributed by atoms with Crippen LogP contribution in [0.2, 0.25) is 0 Å². The summed E-state index contributed by atoms with van der Waals surface area (Å²) >= 11 is 0. The van der Waals surface area contributed by atoms with Crippen LogP contribution in [0.4, 0.5) is 17.5 Å². The van der Waals surface area contributed by atoms with Gasteiger partial charge in [-0.2, -0.15) is 4.98 Å². The Bertz CT molecular complexity index is 777. The number of benzene rings is 1. The van der Waals surface area contributed by atoms with Gasteiger partial charge < -0.3 is 15.1 Å². The molecule has 0 fully saturated rings. The molecule has 5 nitrogen and oxygen atoms in total. The molecule has 0 amide bonds. The Morgan fingerprint density at radius 3 is 2.48 bits per heavy atom. The smallest absolute Gasteiger partial charge is 0.229 e. The maximum absolute atomic E-state index is 5.32. The van der Waals surface area contributed by atoms with Crippen LogP contribution in [0.15, 0.2) is 47.1 Å². The Morgan fingerprint density at radius 1 is 1.00 bits per heavy atom. The highest BCUT2D eigenvalue weighted by atomic mass is 16.3. The molecule has 1 aromatic carbocycles. The number of hydrogen-bond donors (Lipinski definition) is 2. The van der Waals surface area contributed by atoms with Crippen molar-refractivity contribution in [2.75, 3.05) is 10.6 Å². The van der Waals surface area contributed by atoms with Crippen molar-refractivity contribution in [3.05, 3.63) is 65.2 Å². The fourth-order valence-corrected chi connectivity index (χ4v) is 2.48. The summed E-state index contributed by atoms with van der Waals surface area (Å²) in [6, 6.07) is 12.0. The lowest BCUT2D eigenvalue weighted by atomic mass is 10.1. The first-order valence-corrected chi connectivity index (χ1v) is 7.56. The van der Waals surface area contributed by atoms with Crippen molar-refractivity contribution in [3.8, 4) is 0 Å². The Labute approximate surface area is 135 Å². The molecule has 0 aliphatic rings. The molecule has 0 aliphatic heterocycles. The molecule has 0 bridgehead atoms. The second kappa shape index (κ2) is 6.52. The summed E-state index contributed by atoms with van der Waals surface area (Å²) in [5, 5.41) is 6.53. The topological polar surface area (TPSA) is 63.0 Å². The molecule has 3 aromatic rings. The molecule has 2 N–H and O–H groups in total. The molecule has 23 heavy (non-hydrogen) atoms. The van der Waals surface area contributed by atoms with E-state index >= 15 is 0 Å². The Balaban J connectivity index is 1.76. The first-order valence-electron chi connectivity index (χ1n) is 7.56. The van der Waals surface area contributed by atoms with Crippen molar-refractivity contribution in [2.24, 2.45) is 0 Å². The van der Waals surface area contributed by atoms with Crippen LogP contribution >= 0.6 is 0 Å². The van der Waals surface area contributed by atoms with Crippen LogP contribution in [0.1, 0.15) is 22.6 Å². The zero-order valence-corrected chi connectivity index (χ0v) is 13.6. The van der Waals surface area contributed by atoms with Crippen LogP contribution < -0.4 is 10.6 Å². The van der Waals surface area contributed by atoms with Crippen molar-refractivity contribution in [3.63, 3.8) is 0 Å².